The lowest BCUT2D eigenvalue weighted by Crippen LogP contribution is -2.10. The van der Waals surface area contributed by atoms with Crippen LogP contribution >= 0.6 is 0 Å². The van der Waals surface area contributed by atoms with E-state index in [2.05, 4.69) is 204 Å². The molecule has 0 atom stereocenters. The summed E-state index contributed by atoms with van der Waals surface area (Å²) in [6.07, 6.45) is 0. The topological polar surface area (TPSA) is 19.6 Å². The van der Waals surface area contributed by atoms with Crippen molar-refractivity contribution in [2.24, 2.45) is 0 Å². The third kappa shape index (κ3) is 5.65. The Labute approximate surface area is 308 Å². The summed E-state index contributed by atoms with van der Waals surface area (Å²) in [6.45, 7) is 0. The van der Waals surface area contributed by atoms with E-state index < -0.39 is 0 Å². The van der Waals surface area contributed by atoms with Crippen molar-refractivity contribution in [1.29, 1.82) is 0 Å². The molecular formula is C50H34N2O. The van der Waals surface area contributed by atoms with Crippen LogP contribution in [0.5, 0.6) is 0 Å². The second kappa shape index (κ2) is 12.9. The minimum Gasteiger partial charge on any atom is -0.456 e. The standard InChI is InChI=1S/C50H34N2O/c1-2-14-41(15-3-1)51(44-28-22-35-10-4-6-12-39(35)32-44)42-24-18-37(19-25-42)38-20-26-43(27-21-38)52(45-29-23-36-11-5-7-13-40(36)33-45)46-30-31-48-47-16-8-9-17-49(47)53-50(48)34-46/h1-34H. The highest BCUT2D eigenvalue weighted by atomic mass is 16.3. The SMILES string of the molecule is c1ccc(N(c2ccc(-c3ccc(N(c4ccc5ccccc5c4)c4ccc5c(c4)oc4ccccc45)cc3)cc2)c2ccc3ccccc3c2)cc1. The number of para-hydroxylation sites is 2. The second-order valence-electron chi connectivity index (χ2n) is 13.4. The minimum absolute atomic E-state index is 0.874. The lowest BCUT2D eigenvalue weighted by Gasteiger charge is -2.26. The molecule has 0 saturated carbocycles. The Hall–Kier alpha value is -7.10. The third-order valence-electron chi connectivity index (χ3n) is 10.2. The van der Waals surface area contributed by atoms with Crippen LogP contribution in [0.15, 0.2) is 211 Å². The summed E-state index contributed by atoms with van der Waals surface area (Å²) < 4.78 is 6.33. The smallest absolute Gasteiger partial charge is 0.137 e. The number of hydrogen-bond donors (Lipinski definition) is 0. The second-order valence-corrected chi connectivity index (χ2v) is 13.4. The maximum absolute atomic E-state index is 6.33. The van der Waals surface area contributed by atoms with Crippen LogP contribution in [0.3, 0.4) is 0 Å². The lowest BCUT2D eigenvalue weighted by molar-refractivity contribution is 0.669. The molecule has 10 aromatic rings. The van der Waals surface area contributed by atoms with Gasteiger partial charge in [-0.15, -0.1) is 0 Å². The molecule has 9 aromatic carbocycles. The Morgan fingerprint density at radius 1 is 0.264 bits per heavy atom. The minimum atomic E-state index is 0.874. The van der Waals surface area contributed by atoms with Gasteiger partial charge in [0.15, 0.2) is 0 Å². The first kappa shape index (κ1) is 30.7. The molecule has 0 spiro atoms. The first-order valence-corrected chi connectivity index (χ1v) is 18.0. The molecule has 0 bridgehead atoms. The van der Waals surface area contributed by atoms with E-state index in [0.29, 0.717) is 0 Å². The molecule has 0 radical (unpaired) electrons. The van der Waals surface area contributed by atoms with Crippen LogP contribution in [0.2, 0.25) is 0 Å². The quantitative estimate of drug-likeness (QED) is 0.167. The van der Waals surface area contributed by atoms with Crippen molar-refractivity contribution < 1.29 is 4.42 Å². The fourth-order valence-electron chi connectivity index (χ4n) is 7.56. The summed E-state index contributed by atoms with van der Waals surface area (Å²) in [7, 11) is 0. The van der Waals surface area contributed by atoms with Crippen molar-refractivity contribution in [1.82, 2.24) is 0 Å². The molecule has 0 unspecified atom stereocenters. The first-order chi connectivity index (χ1) is 26.2. The molecular weight excluding hydrogens is 645 g/mol. The zero-order valence-electron chi connectivity index (χ0n) is 28.9. The van der Waals surface area contributed by atoms with Gasteiger partial charge >= 0.3 is 0 Å². The van der Waals surface area contributed by atoms with Crippen LogP contribution in [0.4, 0.5) is 34.1 Å². The normalized spacial score (nSPS) is 11.4. The van der Waals surface area contributed by atoms with Crippen molar-refractivity contribution in [2.75, 3.05) is 9.80 Å². The van der Waals surface area contributed by atoms with Gasteiger partial charge in [0.1, 0.15) is 11.2 Å². The van der Waals surface area contributed by atoms with Crippen molar-refractivity contribution in [3.05, 3.63) is 206 Å². The molecule has 53 heavy (non-hydrogen) atoms. The fourth-order valence-corrected chi connectivity index (χ4v) is 7.56. The molecule has 0 N–H and O–H groups in total. The lowest BCUT2D eigenvalue weighted by atomic mass is 10.0. The van der Waals surface area contributed by atoms with E-state index in [1.807, 2.05) is 12.1 Å². The van der Waals surface area contributed by atoms with Crippen molar-refractivity contribution in [2.45, 2.75) is 0 Å². The highest BCUT2D eigenvalue weighted by Gasteiger charge is 2.17. The van der Waals surface area contributed by atoms with Crippen LogP contribution < -0.4 is 9.80 Å². The number of benzene rings is 9. The van der Waals surface area contributed by atoms with Crippen molar-refractivity contribution in [3.8, 4) is 11.1 Å². The van der Waals surface area contributed by atoms with Gasteiger partial charge in [-0.2, -0.15) is 0 Å². The summed E-state index contributed by atoms with van der Waals surface area (Å²) in [5, 5.41) is 7.12. The highest BCUT2D eigenvalue weighted by Crippen LogP contribution is 2.41. The molecule has 3 nitrogen and oxygen atoms in total. The fraction of sp³-hybridized carbons (Fsp3) is 0. The molecule has 1 aromatic heterocycles. The molecule has 1 heterocycles. The number of nitrogens with zero attached hydrogens (tertiary/aromatic N) is 2. The average molecular weight is 679 g/mol. The molecule has 250 valence electrons. The zero-order chi connectivity index (χ0) is 35.1. The Morgan fingerprint density at radius 2 is 0.679 bits per heavy atom. The summed E-state index contributed by atoms with van der Waals surface area (Å²) in [5.41, 5.74) is 10.6. The molecule has 0 aliphatic heterocycles. The van der Waals surface area contributed by atoms with Gasteiger partial charge in [-0.25, -0.2) is 0 Å². The first-order valence-electron chi connectivity index (χ1n) is 18.0. The van der Waals surface area contributed by atoms with E-state index in [-0.39, 0.29) is 0 Å². The van der Waals surface area contributed by atoms with Crippen LogP contribution in [-0.4, -0.2) is 0 Å². The van der Waals surface area contributed by atoms with Crippen LogP contribution in [0.25, 0.3) is 54.6 Å². The van der Waals surface area contributed by atoms with E-state index in [1.165, 1.54) is 21.5 Å². The van der Waals surface area contributed by atoms with E-state index in [4.69, 9.17) is 4.42 Å². The largest absolute Gasteiger partial charge is 0.456 e. The number of furan rings is 1. The number of anilines is 6. The van der Waals surface area contributed by atoms with Gasteiger partial charge in [-0.3, -0.25) is 0 Å². The number of fused-ring (bicyclic) bond motifs is 5. The Kier molecular flexibility index (Phi) is 7.47. The predicted molar refractivity (Wildman–Crippen MR) is 224 cm³/mol. The van der Waals surface area contributed by atoms with Gasteiger partial charge in [0.25, 0.3) is 0 Å². The van der Waals surface area contributed by atoms with E-state index >= 15 is 0 Å². The van der Waals surface area contributed by atoms with E-state index in [0.717, 1.165) is 67.2 Å². The van der Waals surface area contributed by atoms with Gasteiger partial charge in [0, 0.05) is 51.0 Å². The van der Waals surface area contributed by atoms with Gasteiger partial charge < -0.3 is 14.2 Å². The van der Waals surface area contributed by atoms with Crippen molar-refractivity contribution in [3.63, 3.8) is 0 Å². The van der Waals surface area contributed by atoms with Gasteiger partial charge in [-0.05, 0) is 112 Å². The van der Waals surface area contributed by atoms with Crippen LogP contribution in [-0.2, 0) is 0 Å². The number of hydrogen-bond acceptors (Lipinski definition) is 3. The summed E-state index contributed by atoms with van der Waals surface area (Å²) in [5.74, 6) is 0. The molecule has 0 aliphatic rings. The Bertz CT molecular complexity index is 2890. The molecule has 0 saturated heterocycles. The van der Waals surface area contributed by atoms with E-state index in [1.54, 1.807) is 0 Å². The van der Waals surface area contributed by atoms with Gasteiger partial charge in [0.2, 0.25) is 0 Å². The summed E-state index contributed by atoms with van der Waals surface area (Å²) in [6, 6.07) is 73.4. The average Bonchev–Trinajstić information content (AvgIpc) is 3.60. The van der Waals surface area contributed by atoms with Gasteiger partial charge in [-0.1, -0.05) is 121 Å². The van der Waals surface area contributed by atoms with Crippen LogP contribution in [0.1, 0.15) is 0 Å². The molecule has 0 amide bonds. The summed E-state index contributed by atoms with van der Waals surface area (Å²) >= 11 is 0. The maximum atomic E-state index is 6.33. The molecule has 10 rings (SSSR count). The molecule has 0 fully saturated rings. The van der Waals surface area contributed by atoms with Gasteiger partial charge in [0.05, 0.1) is 0 Å². The maximum Gasteiger partial charge on any atom is 0.137 e. The molecule has 3 heteroatoms. The Balaban J connectivity index is 1.01. The monoisotopic (exact) mass is 678 g/mol. The van der Waals surface area contributed by atoms with Crippen LogP contribution in [0, 0.1) is 0 Å². The molecule has 0 aliphatic carbocycles. The Morgan fingerprint density at radius 3 is 1.28 bits per heavy atom. The highest BCUT2D eigenvalue weighted by molar-refractivity contribution is 6.06. The van der Waals surface area contributed by atoms with Crippen molar-refractivity contribution >= 4 is 77.6 Å². The predicted octanol–water partition coefficient (Wildman–Crippen LogP) is 14.5. The summed E-state index contributed by atoms with van der Waals surface area (Å²) in [4.78, 5) is 4.63. The zero-order valence-corrected chi connectivity index (χ0v) is 28.9. The number of rotatable bonds is 7. The third-order valence-corrected chi connectivity index (χ3v) is 10.2. The van der Waals surface area contributed by atoms with E-state index in [9.17, 15) is 0 Å².